The molecular weight excluding hydrogens is 186 g/mol. The molecule has 0 saturated carbocycles. The number of rotatable bonds is 0. The summed E-state index contributed by atoms with van der Waals surface area (Å²) in [6, 6.07) is 0. The number of hydrogen-bond donors (Lipinski definition) is 0. The smallest absolute Gasteiger partial charge is 0.769 e. The predicted molar refractivity (Wildman–Crippen MR) is 31.1 cm³/mol. The molecule has 0 saturated heterocycles. The van der Waals surface area contributed by atoms with Crippen LogP contribution in [0.15, 0.2) is 0 Å². The first kappa shape index (κ1) is 281. The van der Waals surface area contributed by atoms with E-state index in [1.165, 1.54) is 0 Å². The van der Waals surface area contributed by atoms with Gasteiger partial charge in [0, 0.05) is 0 Å². The van der Waals surface area contributed by atoms with E-state index in [-0.39, 0.29) is 67.9 Å². The van der Waals surface area contributed by atoms with Gasteiger partial charge in [-0.25, -0.2) is 11.9 Å². The Hall–Kier alpha value is 0.970. The zero-order valence-electron chi connectivity index (χ0n) is 5.29. The number of halogens is 1. The second-order valence-electron chi connectivity index (χ2n) is 0. The Balaban J connectivity index is -0.000000000179. The average Bonchev–Trinajstić information content (AvgIpc) is 1.00. The molecule has 0 rings (SSSR count). The van der Waals surface area contributed by atoms with E-state index in [9.17, 15) is 0 Å². The van der Waals surface area contributed by atoms with E-state index in [4.69, 9.17) is 4.66 Å². The molecule has 0 aromatic carbocycles. The van der Waals surface area contributed by atoms with E-state index in [0.29, 0.717) is 0 Å². The van der Waals surface area contributed by atoms with Crippen molar-refractivity contribution in [3.63, 3.8) is 0 Å². The van der Waals surface area contributed by atoms with Crippen molar-refractivity contribution in [1.82, 2.24) is 0 Å². The second kappa shape index (κ2) is 853. The molecule has 0 radical (unpaired) electrons. The van der Waals surface area contributed by atoms with Gasteiger partial charge in [0.2, 0.25) is 0 Å². The fraction of sp³-hybridized carbons (Fsp3) is 0. The first-order valence-corrected chi connectivity index (χ1v) is 0.463. The molecule has 0 aromatic heterocycles. The van der Waals surface area contributed by atoms with Crippen LogP contribution in [0.4, 0.5) is 0 Å². The first-order chi connectivity index (χ1) is 1.00. The molecule has 10 heteroatoms. The van der Waals surface area contributed by atoms with Crippen LogP contribution in [-0.2, 0) is 0 Å². The van der Waals surface area contributed by atoms with E-state index >= 15 is 0 Å². The Bertz CT molecular complexity index is 9.22. The third-order valence-electron chi connectivity index (χ3n) is 0. The summed E-state index contributed by atoms with van der Waals surface area (Å²) in [5, 5.41) is 0. The van der Waals surface area contributed by atoms with Crippen LogP contribution in [0.3, 0.4) is 0 Å². The fourth-order valence-corrected chi connectivity index (χ4v) is 0. The summed E-state index contributed by atoms with van der Waals surface area (Å²) < 4.78 is 7.72. The maximum absolute atomic E-state index is 7.72. The second-order valence-corrected chi connectivity index (χ2v) is 0. The standard InChI is InChI=1S/ClO.Na.7H2O/c1-2;;;;;;;;/h;;7*1H2/q-1;+1;;;;;;;. The molecule has 0 aliphatic rings. The molecule has 0 aromatic rings. The third kappa shape index (κ3) is 606. The van der Waals surface area contributed by atoms with E-state index in [2.05, 4.69) is 11.9 Å². The van der Waals surface area contributed by atoms with Crippen LogP contribution < -0.4 is 34.2 Å². The van der Waals surface area contributed by atoms with E-state index in [1.807, 2.05) is 0 Å². The predicted octanol–water partition coefficient (Wildman–Crippen LogP) is -9.27. The van der Waals surface area contributed by atoms with Gasteiger partial charge in [-0.3, -0.25) is 0 Å². The van der Waals surface area contributed by atoms with Crippen molar-refractivity contribution in [3.05, 3.63) is 0 Å². The van der Waals surface area contributed by atoms with Gasteiger partial charge >= 0.3 is 29.6 Å². The van der Waals surface area contributed by atoms with Gasteiger partial charge in [-0.05, 0) is 0 Å². The third-order valence-corrected chi connectivity index (χ3v) is 0. The van der Waals surface area contributed by atoms with Crippen LogP contribution in [0.25, 0.3) is 0 Å². The van der Waals surface area contributed by atoms with Crippen molar-refractivity contribution >= 4 is 11.9 Å². The fourth-order valence-electron chi connectivity index (χ4n) is 0. The molecule has 14 N–H and O–H groups in total. The van der Waals surface area contributed by atoms with Crippen molar-refractivity contribution in [2.45, 2.75) is 0 Å². The summed E-state index contributed by atoms with van der Waals surface area (Å²) in [5.41, 5.74) is 0. The van der Waals surface area contributed by atoms with Crippen molar-refractivity contribution in [2.24, 2.45) is 0 Å². The van der Waals surface area contributed by atoms with Crippen molar-refractivity contribution in [2.75, 3.05) is 0 Å². The Morgan fingerprint density at radius 1 is 0.500 bits per heavy atom. The molecule has 0 aliphatic heterocycles. The molecular formula is H14ClNaO8. The van der Waals surface area contributed by atoms with Gasteiger partial charge in [-0.1, -0.05) is 0 Å². The maximum atomic E-state index is 7.72. The molecule has 70 valence electrons. The van der Waals surface area contributed by atoms with Crippen LogP contribution >= 0.6 is 11.9 Å². The monoisotopic (exact) mass is 200 g/mol. The molecule has 0 spiro atoms. The summed E-state index contributed by atoms with van der Waals surface area (Å²) in [6.07, 6.45) is 0. The minimum atomic E-state index is 0. The minimum Gasteiger partial charge on any atom is -0.769 e. The van der Waals surface area contributed by atoms with E-state index in [0.717, 1.165) is 0 Å². The zero-order chi connectivity index (χ0) is 2.00. The summed E-state index contributed by atoms with van der Waals surface area (Å²) in [4.78, 5) is 0. The largest absolute Gasteiger partial charge is 1.00 e. The van der Waals surface area contributed by atoms with Crippen LogP contribution in [0, 0.1) is 0 Å². The average molecular weight is 201 g/mol. The SMILES string of the molecule is O.O.O.O.O.O.O.[Na+].[O-]Cl. The van der Waals surface area contributed by atoms with Gasteiger partial charge in [0.25, 0.3) is 0 Å². The Morgan fingerprint density at radius 3 is 0.500 bits per heavy atom. The first-order valence-electron chi connectivity index (χ1n) is 0.154. The van der Waals surface area contributed by atoms with Gasteiger partial charge in [-0.15, -0.1) is 0 Å². The summed E-state index contributed by atoms with van der Waals surface area (Å²) in [6.45, 7) is 0. The molecule has 8 nitrogen and oxygen atoms in total. The quantitative estimate of drug-likeness (QED) is 0.339. The van der Waals surface area contributed by atoms with Crippen LogP contribution in [0.1, 0.15) is 0 Å². The Morgan fingerprint density at radius 2 is 0.500 bits per heavy atom. The molecule has 0 bridgehead atoms. The van der Waals surface area contributed by atoms with Crippen molar-refractivity contribution in [1.29, 1.82) is 0 Å². The van der Waals surface area contributed by atoms with Crippen LogP contribution in [-0.4, -0.2) is 38.3 Å². The summed E-state index contributed by atoms with van der Waals surface area (Å²) >= 11 is 3.39. The van der Waals surface area contributed by atoms with Gasteiger partial charge in [0.15, 0.2) is 0 Å². The van der Waals surface area contributed by atoms with Gasteiger partial charge in [0.05, 0.1) is 0 Å². The van der Waals surface area contributed by atoms with Crippen LogP contribution in [0.5, 0.6) is 0 Å². The molecule has 0 aliphatic carbocycles. The van der Waals surface area contributed by atoms with E-state index in [1.54, 1.807) is 0 Å². The normalized spacial score (nSPS) is 0.600. The summed E-state index contributed by atoms with van der Waals surface area (Å²) in [7, 11) is 0. The Labute approximate surface area is 84.4 Å². The summed E-state index contributed by atoms with van der Waals surface area (Å²) in [5.74, 6) is 0. The number of hydrogen-bond acceptors (Lipinski definition) is 1. The molecule has 10 heavy (non-hydrogen) atoms. The van der Waals surface area contributed by atoms with Gasteiger partial charge in [-0.2, -0.15) is 0 Å². The topological polar surface area (TPSA) is 244 Å². The molecule has 0 unspecified atom stereocenters. The van der Waals surface area contributed by atoms with Gasteiger partial charge < -0.3 is 43.0 Å². The maximum Gasteiger partial charge on any atom is 1.00 e. The molecule has 0 atom stereocenters. The minimum absolute atomic E-state index is 0. The van der Waals surface area contributed by atoms with Gasteiger partial charge in [0.1, 0.15) is 0 Å². The molecule has 0 heterocycles. The zero-order valence-corrected chi connectivity index (χ0v) is 8.04. The van der Waals surface area contributed by atoms with E-state index < -0.39 is 0 Å². The molecule has 0 amide bonds. The van der Waals surface area contributed by atoms with Crippen molar-refractivity contribution < 1.29 is 72.5 Å². The van der Waals surface area contributed by atoms with Crippen LogP contribution in [0.2, 0.25) is 0 Å². The van der Waals surface area contributed by atoms with Crippen molar-refractivity contribution in [3.8, 4) is 0 Å². The Kier molecular flexibility index (Phi) is 24000. The molecule has 0 fully saturated rings.